The Bertz CT molecular complexity index is 979. The summed E-state index contributed by atoms with van der Waals surface area (Å²) in [5.41, 5.74) is 1.11. The Labute approximate surface area is 162 Å². The van der Waals surface area contributed by atoms with Crippen LogP contribution in [0.15, 0.2) is 24.5 Å². The molecule has 3 aromatic rings. The second-order valence-electron chi connectivity index (χ2n) is 6.45. The standard InChI is InChI=1S/C18H22N8O2/c1-3-28-17-13(11-26-10-12(2)20-18(26)22-17)16(27)21-14-4-5-15(24-23-14)25-8-6-19-7-9-25/h4-5,10-11,19H,3,6-9H2,1-2H3,(H,21,23,27). The van der Waals surface area contributed by atoms with Crippen LogP contribution in [0.3, 0.4) is 0 Å². The molecule has 0 saturated carbocycles. The number of aryl methyl sites for hydroxylation is 1. The molecule has 1 amide bonds. The summed E-state index contributed by atoms with van der Waals surface area (Å²) in [6, 6.07) is 3.61. The second kappa shape index (κ2) is 7.77. The van der Waals surface area contributed by atoms with Gasteiger partial charge in [-0.25, -0.2) is 4.98 Å². The Kier molecular flexibility index (Phi) is 5.02. The molecule has 0 bridgehead atoms. The first-order chi connectivity index (χ1) is 13.6. The van der Waals surface area contributed by atoms with Gasteiger partial charge in [0.15, 0.2) is 11.6 Å². The Hall–Kier alpha value is -3.27. The molecule has 10 nitrogen and oxygen atoms in total. The molecule has 0 radical (unpaired) electrons. The Morgan fingerprint density at radius 2 is 2.04 bits per heavy atom. The number of carbonyl (C=O) groups is 1. The number of nitrogens with one attached hydrogen (secondary N) is 2. The smallest absolute Gasteiger partial charge is 0.263 e. The van der Waals surface area contributed by atoms with E-state index in [0.29, 0.717) is 23.8 Å². The summed E-state index contributed by atoms with van der Waals surface area (Å²) in [4.78, 5) is 23.6. The van der Waals surface area contributed by atoms with Gasteiger partial charge in [0.2, 0.25) is 11.7 Å². The predicted octanol–water partition coefficient (Wildman–Crippen LogP) is 0.888. The van der Waals surface area contributed by atoms with E-state index in [1.165, 1.54) is 0 Å². The zero-order chi connectivity index (χ0) is 19.5. The van der Waals surface area contributed by atoms with Crippen molar-refractivity contribution in [2.75, 3.05) is 43.0 Å². The number of aromatic nitrogens is 5. The van der Waals surface area contributed by atoms with Crippen molar-refractivity contribution in [2.24, 2.45) is 0 Å². The van der Waals surface area contributed by atoms with Crippen LogP contribution in [-0.4, -0.2) is 63.3 Å². The molecule has 0 spiro atoms. The first-order valence-electron chi connectivity index (χ1n) is 9.24. The normalized spacial score (nSPS) is 14.3. The van der Waals surface area contributed by atoms with E-state index in [-0.39, 0.29) is 11.8 Å². The zero-order valence-electron chi connectivity index (χ0n) is 15.8. The fourth-order valence-electron chi connectivity index (χ4n) is 3.07. The Balaban J connectivity index is 1.54. The van der Waals surface area contributed by atoms with Crippen molar-refractivity contribution in [3.8, 4) is 5.88 Å². The number of amides is 1. The van der Waals surface area contributed by atoms with Crippen LogP contribution in [-0.2, 0) is 0 Å². The molecule has 146 valence electrons. The van der Waals surface area contributed by atoms with Gasteiger partial charge >= 0.3 is 0 Å². The summed E-state index contributed by atoms with van der Waals surface area (Å²) >= 11 is 0. The largest absolute Gasteiger partial charge is 0.477 e. The van der Waals surface area contributed by atoms with Crippen LogP contribution in [0, 0.1) is 6.92 Å². The molecule has 0 atom stereocenters. The third-order valence-electron chi connectivity index (χ3n) is 4.39. The van der Waals surface area contributed by atoms with Gasteiger partial charge in [-0.1, -0.05) is 0 Å². The maximum Gasteiger partial charge on any atom is 0.263 e. The minimum Gasteiger partial charge on any atom is -0.477 e. The summed E-state index contributed by atoms with van der Waals surface area (Å²) in [5.74, 6) is 1.52. The highest BCUT2D eigenvalue weighted by atomic mass is 16.5. The number of hydrogen-bond acceptors (Lipinski definition) is 8. The molecule has 10 heteroatoms. The van der Waals surface area contributed by atoms with Gasteiger partial charge in [-0.15, -0.1) is 10.2 Å². The predicted molar refractivity (Wildman–Crippen MR) is 104 cm³/mol. The summed E-state index contributed by atoms with van der Waals surface area (Å²) in [5, 5.41) is 14.4. The third kappa shape index (κ3) is 3.72. The maximum atomic E-state index is 12.8. The van der Waals surface area contributed by atoms with E-state index >= 15 is 0 Å². The van der Waals surface area contributed by atoms with Crippen molar-refractivity contribution in [3.63, 3.8) is 0 Å². The van der Waals surface area contributed by atoms with Gasteiger partial charge in [-0.05, 0) is 26.0 Å². The third-order valence-corrected chi connectivity index (χ3v) is 4.39. The molecule has 4 heterocycles. The van der Waals surface area contributed by atoms with Crippen molar-refractivity contribution in [3.05, 3.63) is 35.8 Å². The molecule has 2 N–H and O–H groups in total. The molecular weight excluding hydrogens is 360 g/mol. The maximum absolute atomic E-state index is 12.8. The summed E-state index contributed by atoms with van der Waals surface area (Å²) in [6.07, 6.45) is 3.46. The minimum absolute atomic E-state index is 0.239. The van der Waals surface area contributed by atoms with Gasteiger partial charge in [-0.2, -0.15) is 4.98 Å². The van der Waals surface area contributed by atoms with Gasteiger partial charge in [0, 0.05) is 38.6 Å². The van der Waals surface area contributed by atoms with Gasteiger partial charge in [0.05, 0.1) is 12.3 Å². The second-order valence-corrected chi connectivity index (χ2v) is 6.45. The number of rotatable bonds is 5. The number of ether oxygens (including phenoxy) is 1. The lowest BCUT2D eigenvalue weighted by Crippen LogP contribution is -2.43. The van der Waals surface area contributed by atoms with Gasteiger partial charge in [0.25, 0.3) is 5.91 Å². The van der Waals surface area contributed by atoms with Crippen LogP contribution in [0.5, 0.6) is 5.88 Å². The van der Waals surface area contributed by atoms with Crippen LogP contribution < -0.4 is 20.3 Å². The highest BCUT2D eigenvalue weighted by Crippen LogP contribution is 2.19. The molecule has 0 unspecified atom stereocenters. The van der Waals surface area contributed by atoms with Gasteiger partial charge in [0.1, 0.15) is 5.56 Å². The lowest BCUT2D eigenvalue weighted by Gasteiger charge is -2.27. The van der Waals surface area contributed by atoms with Crippen LogP contribution in [0.2, 0.25) is 0 Å². The number of carbonyl (C=O) groups excluding carboxylic acids is 1. The fraction of sp³-hybridized carbons (Fsp3) is 0.389. The zero-order valence-corrected chi connectivity index (χ0v) is 15.8. The molecule has 1 aliphatic rings. The molecule has 28 heavy (non-hydrogen) atoms. The van der Waals surface area contributed by atoms with E-state index in [0.717, 1.165) is 37.7 Å². The molecule has 1 aliphatic heterocycles. The van der Waals surface area contributed by atoms with Crippen molar-refractivity contribution in [2.45, 2.75) is 13.8 Å². The molecule has 0 aromatic carbocycles. The average molecular weight is 382 g/mol. The van der Waals surface area contributed by atoms with Crippen molar-refractivity contribution < 1.29 is 9.53 Å². The molecule has 4 rings (SSSR count). The quantitative estimate of drug-likeness (QED) is 0.670. The highest BCUT2D eigenvalue weighted by molar-refractivity contribution is 6.05. The topological polar surface area (TPSA) is 110 Å². The molecule has 1 fully saturated rings. The van der Waals surface area contributed by atoms with E-state index in [4.69, 9.17) is 4.74 Å². The SMILES string of the molecule is CCOc1nc2nc(C)cn2cc1C(=O)Nc1ccc(N2CCNCC2)nn1. The van der Waals surface area contributed by atoms with Crippen molar-refractivity contribution in [1.29, 1.82) is 0 Å². The number of hydrogen-bond donors (Lipinski definition) is 2. The van der Waals surface area contributed by atoms with Crippen LogP contribution >= 0.6 is 0 Å². The molecule has 3 aromatic heterocycles. The first-order valence-corrected chi connectivity index (χ1v) is 9.24. The van der Waals surface area contributed by atoms with E-state index in [9.17, 15) is 4.79 Å². The van der Waals surface area contributed by atoms with Crippen LogP contribution in [0.1, 0.15) is 23.0 Å². The fourth-order valence-corrected chi connectivity index (χ4v) is 3.07. The number of anilines is 2. The number of nitrogens with zero attached hydrogens (tertiary/aromatic N) is 6. The average Bonchev–Trinajstić information content (AvgIpc) is 3.08. The molecule has 1 saturated heterocycles. The van der Waals surface area contributed by atoms with E-state index in [2.05, 4.69) is 35.7 Å². The monoisotopic (exact) mass is 382 g/mol. The van der Waals surface area contributed by atoms with E-state index < -0.39 is 0 Å². The molecular formula is C18H22N8O2. The first kappa shape index (κ1) is 18.1. The minimum atomic E-state index is -0.367. The summed E-state index contributed by atoms with van der Waals surface area (Å²) in [6.45, 7) is 7.70. The Morgan fingerprint density at radius 3 is 2.75 bits per heavy atom. The van der Waals surface area contributed by atoms with Crippen molar-refractivity contribution in [1.82, 2.24) is 29.9 Å². The van der Waals surface area contributed by atoms with Gasteiger partial charge in [-0.3, -0.25) is 9.20 Å². The van der Waals surface area contributed by atoms with Crippen LogP contribution in [0.25, 0.3) is 5.78 Å². The summed E-state index contributed by atoms with van der Waals surface area (Å²) in [7, 11) is 0. The van der Waals surface area contributed by atoms with E-state index in [1.807, 2.05) is 19.9 Å². The van der Waals surface area contributed by atoms with Gasteiger partial charge < -0.3 is 20.3 Å². The number of piperazine rings is 1. The van der Waals surface area contributed by atoms with E-state index in [1.54, 1.807) is 22.9 Å². The number of imidazole rings is 1. The number of fused-ring (bicyclic) bond motifs is 1. The lowest BCUT2D eigenvalue weighted by molar-refractivity contribution is 0.102. The van der Waals surface area contributed by atoms with Crippen LogP contribution in [0.4, 0.5) is 11.6 Å². The Morgan fingerprint density at radius 1 is 1.21 bits per heavy atom. The van der Waals surface area contributed by atoms with Crippen molar-refractivity contribution >= 4 is 23.3 Å². The lowest BCUT2D eigenvalue weighted by atomic mass is 10.3. The summed E-state index contributed by atoms with van der Waals surface area (Å²) < 4.78 is 7.24. The highest BCUT2D eigenvalue weighted by Gasteiger charge is 2.18. The molecule has 0 aliphatic carbocycles.